The summed E-state index contributed by atoms with van der Waals surface area (Å²) in [5.74, 6) is -0.820. The van der Waals surface area contributed by atoms with Gasteiger partial charge in [0.15, 0.2) is 0 Å². The second-order valence-corrected chi connectivity index (χ2v) is 14.2. The zero-order valence-electron chi connectivity index (χ0n) is 28.3. The highest BCUT2D eigenvalue weighted by atomic mass is 16.6. The van der Waals surface area contributed by atoms with E-state index >= 15 is 0 Å². The third kappa shape index (κ3) is 6.96. The van der Waals surface area contributed by atoms with E-state index < -0.39 is 40.7 Å². The highest BCUT2D eigenvalue weighted by molar-refractivity contribution is 5.88. The maximum Gasteiger partial charge on any atom is 0.408 e. The van der Waals surface area contributed by atoms with Gasteiger partial charge in [-0.05, 0) is 54.2 Å². The summed E-state index contributed by atoms with van der Waals surface area (Å²) in [5, 5.41) is 6.26. The van der Waals surface area contributed by atoms with E-state index in [1.807, 2.05) is 51.1 Å². The van der Waals surface area contributed by atoms with Gasteiger partial charge in [-0.25, -0.2) is 9.59 Å². The first-order chi connectivity index (χ1) is 22.4. The molecule has 1 saturated heterocycles. The number of hydrogen-bond acceptors (Lipinski definition) is 7. The van der Waals surface area contributed by atoms with Crippen LogP contribution in [0.1, 0.15) is 64.9 Å². The minimum atomic E-state index is -0.995. The van der Waals surface area contributed by atoms with Gasteiger partial charge in [0, 0.05) is 25.1 Å². The Labute approximate surface area is 278 Å². The Kier molecular flexibility index (Phi) is 9.87. The molecule has 5 rings (SSSR count). The van der Waals surface area contributed by atoms with E-state index in [9.17, 15) is 14.4 Å². The van der Waals surface area contributed by atoms with Crippen LogP contribution in [0.5, 0.6) is 0 Å². The van der Waals surface area contributed by atoms with Crippen molar-refractivity contribution in [1.82, 2.24) is 15.5 Å². The van der Waals surface area contributed by atoms with Crippen LogP contribution in [-0.2, 0) is 29.4 Å². The quantitative estimate of drug-likeness (QED) is 0.225. The number of nitrogens with zero attached hydrogens (tertiary/aromatic N) is 1. The number of likely N-dealkylation sites (tertiary alicyclic amines) is 1. The average Bonchev–Trinajstić information content (AvgIpc) is 3.36. The molecule has 2 aromatic carbocycles. The highest BCUT2D eigenvalue weighted by Gasteiger charge is 2.61. The van der Waals surface area contributed by atoms with Crippen molar-refractivity contribution in [2.75, 3.05) is 20.8 Å². The number of rotatable bonds is 11. The standard InChI is InChI=1S/C38H49N3O6/c1-8-28-22-38(28,34(43)45-6)40-25(2)31-23-37(46-7,29-20-18-27(19-21-29)26-14-10-9-11-15-26)24-41(31)33(42)32(36(3,4)5)39-35(44)47-30-16-12-13-17-30/h8-11,14-15,18-21,28,30-32,40H,1-2,12-13,16-17,22-24H2,3-7H3,(H,39,44)/t28?,31-,32+,37-,38+/m0/s1. The Bertz CT molecular complexity index is 1480. The average molecular weight is 644 g/mol. The van der Waals surface area contributed by atoms with Gasteiger partial charge in [0.2, 0.25) is 5.91 Å². The van der Waals surface area contributed by atoms with Crippen molar-refractivity contribution in [3.05, 3.63) is 85.1 Å². The molecule has 0 spiro atoms. The van der Waals surface area contributed by atoms with E-state index in [0.717, 1.165) is 42.4 Å². The largest absolute Gasteiger partial charge is 0.467 e. The van der Waals surface area contributed by atoms with Crippen LogP contribution in [0.4, 0.5) is 4.79 Å². The lowest BCUT2D eigenvalue weighted by atomic mass is 9.85. The fourth-order valence-corrected chi connectivity index (χ4v) is 7.16. The molecule has 2 saturated carbocycles. The smallest absolute Gasteiger partial charge is 0.408 e. The third-order valence-electron chi connectivity index (χ3n) is 10.1. The first-order valence-corrected chi connectivity index (χ1v) is 16.5. The molecule has 1 heterocycles. The van der Waals surface area contributed by atoms with Crippen molar-refractivity contribution in [2.45, 2.75) is 88.6 Å². The van der Waals surface area contributed by atoms with Crippen LogP contribution in [0.2, 0.25) is 0 Å². The topological polar surface area (TPSA) is 106 Å². The molecule has 9 nitrogen and oxygen atoms in total. The molecule has 3 aliphatic rings. The minimum Gasteiger partial charge on any atom is -0.467 e. The number of nitrogens with one attached hydrogen (secondary N) is 2. The summed E-state index contributed by atoms with van der Waals surface area (Å²) in [5.41, 5.74) is 1.05. The van der Waals surface area contributed by atoms with E-state index in [1.54, 1.807) is 18.1 Å². The first kappa shape index (κ1) is 34.2. The molecule has 0 radical (unpaired) electrons. The lowest BCUT2D eigenvalue weighted by Crippen LogP contribution is -2.57. The SMILES string of the molecule is C=CC1C[C@]1(NC(=C)[C@@H]1C[C@@](OC)(c2ccc(-c3ccccc3)cc2)CN1C(=O)[C@@H](NC(=O)OC1CCCC1)C(C)(C)C)C(=O)OC. The maximum absolute atomic E-state index is 14.7. The summed E-state index contributed by atoms with van der Waals surface area (Å²) in [6, 6.07) is 16.8. The molecule has 0 aromatic heterocycles. The molecule has 5 atom stereocenters. The molecule has 2 aromatic rings. The van der Waals surface area contributed by atoms with Crippen LogP contribution in [0.3, 0.4) is 0 Å². The summed E-state index contributed by atoms with van der Waals surface area (Å²) in [6.45, 7) is 14.2. The Hall–Kier alpha value is -4.11. The molecule has 9 heteroatoms. The molecular weight excluding hydrogens is 594 g/mol. The second-order valence-electron chi connectivity index (χ2n) is 14.2. The second kappa shape index (κ2) is 13.6. The summed E-state index contributed by atoms with van der Waals surface area (Å²) in [6.07, 6.45) is 5.60. The Morgan fingerprint density at radius 2 is 1.62 bits per heavy atom. The predicted molar refractivity (Wildman–Crippen MR) is 181 cm³/mol. The van der Waals surface area contributed by atoms with Crippen molar-refractivity contribution in [3.8, 4) is 11.1 Å². The summed E-state index contributed by atoms with van der Waals surface area (Å²) in [4.78, 5) is 42.4. The van der Waals surface area contributed by atoms with Crippen molar-refractivity contribution < 1.29 is 28.6 Å². The van der Waals surface area contributed by atoms with Gasteiger partial charge in [-0.1, -0.05) is 88.0 Å². The van der Waals surface area contributed by atoms with Gasteiger partial charge in [0.25, 0.3) is 0 Å². The van der Waals surface area contributed by atoms with Crippen LogP contribution >= 0.6 is 0 Å². The number of methoxy groups -OCH3 is 2. The fourth-order valence-electron chi connectivity index (χ4n) is 7.16. The maximum atomic E-state index is 14.7. The molecule has 3 fully saturated rings. The number of ether oxygens (including phenoxy) is 3. The number of benzene rings is 2. The van der Waals surface area contributed by atoms with Gasteiger partial charge in [-0.15, -0.1) is 6.58 Å². The zero-order chi connectivity index (χ0) is 34.0. The lowest BCUT2D eigenvalue weighted by molar-refractivity contribution is -0.144. The predicted octanol–water partition coefficient (Wildman–Crippen LogP) is 6.10. The number of carbonyl (C=O) groups excluding carboxylic acids is 3. The molecular formula is C38H49N3O6. The van der Waals surface area contributed by atoms with Crippen LogP contribution in [0.25, 0.3) is 11.1 Å². The van der Waals surface area contributed by atoms with E-state index in [2.05, 4.69) is 48.1 Å². The monoisotopic (exact) mass is 643 g/mol. The summed E-state index contributed by atoms with van der Waals surface area (Å²) in [7, 11) is 3.01. The van der Waals surface area contributed by atoms with Gasteiger partial charge in [-0.2, -0.15) is 0 Å². The molecule has 1 unspecified atom stereocenters. The Morgan fingerprint density at radius 1 is 0.979 bits per heavy atom. The summed E-state index contributed by atoms with van der Waals surface area (Å²) < 4.78 is 17.2. The molecule has 2 amide bonds. The van der Waals surface area contributed by atoms with E-state index in [1.165, 1.54) is 7.11 Å². The van der Waals surface area contributed by atoms with Gasteiger partial charge >= 0.3 is 12.1 Å². The van der Waals surface area contributed by atoms with Crippen molar-refractivity contribution in [2.24, 2.45) is 11.3 Å². The van der Waals surface area contributed by atoms with Gasteiger partial charge in [0.1, 0.15) is 23.3 Å². The number of amides is 2. The van der Waals surface area contributed by atoms with Crippen LogP contribution in [0, 0.1) is 11.3 Å². The fraction of sp³-hybridized carbons (Fsp3) is 0.500. The van der Waals surface area contributed by atoms with Gasteiger partial charge < -0.3 is 29.7 Å². The zero-order valence-corrected chi connectivity index (χ0v) is 28.3. The van der Waals surface area contributed by atoms with Crippen molar-refractivity contribution in [1.29, 1.82) is 0 Å². The number of hydrogen-bond donors (Lipinski definition) is 2. The number of carbonyl (C=O) groups is 3. The Morgan fingerprint density at radius 3 is 2.17 bits per heavy atom. The molecule has 2 N–H and O–H groups in total. The molecule has 2 aliphatic carbocycles. The molecule has 47 heavy (non-hydrogen) atoms. The van der Waals surface area contributed by atoms with Crippen LogP contribution in [0.15, 0.2) is 79.5 Å². The lowest BCUT2D eigenvalue weighted by Gasteiger charge is -2.37. The Balaban J connectivity index is 1.47. The molecule has 1 aliphatic heterocycles. The third-order valence-corrected chi connectivity index (χ3v) is 10.1. The summed E-state index contributed by atoms with van der Waals surface area (Å²) >= 11 is 0. The van der Waals surface area contributed by atoms with Crippen molar-refractivity contribution >= 4 is 18.0 Å². The van der Waals surface area contributed by atoms with Gasteiger partial charge in [-0.3, -0.25) is 4.79 Å². The van der Waals surface area contributed by atoms with E-state index in [-0.39, 0.29) is 24.5 Å². The number of esters is 1. The highest BCUT2D eigenvalue weighted by Crippen LogP contribution is 2.48. The normalized spacial score (nSPS) is 26.3. The molecule has 0 bridgehead atoms. The van der Waals surface area contributed by atoms with E-state index in [0.29, 0.717) is 18.5 Å². The van der Waals surface area contributed by atoms with Crippen LogP contribution in [-0.4, -0.2) is 67.4 Å². The minimum absolute atomic E-state index is 0.135. The first-order valence-electron chi connectivity index (χ1n) is 16.5. The number of alkyl carbamates (subject to hydrolysis) is 1. The molecule has 252 valence electrons. The van der Waals surface area contributed by atoms with E-state index in [4.69, 9.17) is 14.2 Å². The van der Waals surface area contributed by atoms with Crippen molar-refractivity contribution in [3.63, 3.8) is 0 Å². The van der Waals surface area contributed by atoms with Gasteiger partial charge in [0.05, 0.1) is 19.7 Å². The van der Waals surface area contributed by atoms with Crippen LogP contribution < -0.4 is 10.6 Å².